The number of fused-ring (bicyclic) bond motifs is 2. The van der Waals surface area contributed by atoms with Crippen molar-refractivity contribution in [2.45, 2.75) is 6.92 Å². The fourth-order valence-corrected chi connectivity index (χ4v) is 3.15. The number of hydrogen-bond donors (Lipinski definition) is 2. The molecule has 0 saturated carbocycles. The van der Waals surface area contributed by atoms with E-state index < -0.39 is 17.2 Å². The molecular weight excluding hydrogens is 369 g/mol. The fourth-order valence-electron chi connectivity index (χ4n) is 2.98. The lowest BCUT2D eigenvalue weighted by atomic mass is 10.1. The van der Waals surface area contributed by atoms with Crippen LogP contribution in [0.3, 0.4) is 0 Å². The van der Waals surface area contributed by atoms with E-state index in [1.165, 1.54) is 30.5 Å². The summed E-state index contributed by atoms with van der Waals surface area (Å²) in [5.74, 6) is -1.05. The summed E-state index contributed by atoms with van der Waals surface area (Å²) in [4.78, 5) is 32.7. The number of benzene rings is 2. The Bertz CT molecular complexity index is 1280. The van der Waals surface area contributed by atoms with Crippen molar-refractivity contribution in [2.75, 3.05) is 5.32 Å². The van der Waals surface area contributed by atoms with Gasteiger partial charge >= 0.3 is 0 Å². The number of anilines is 1. The number of pyridine rings is 2. The molecule has 4 aromatic rings. The van der Waals surface area contributed by atoms with Gasteiger partial charge in [-0.1, -0.05) is 11.6 Å². The number of aryl methyl sites for hydroxylation is 1. The minimum Gasteiger partial charge on any atom is -0.360 e. The summed E-state index contributed by atoms with van der Waals surface area (Å²) in [5, 5.41) is 3.86. The van der Waals surface area contributed by atoms with Crippen LogP contribution < -0.4 is 10.7 Å². The van der Waals surface area contributed by atoms with E-state index in [1.54, 1.807) is 25.1 Å². The topological polar surface area (TPSA) is 74.8 Å². The molecule has 134 valence electrons. The van der Waals surface area contributed by atoms with Gasteiger partial charge in [-0.3, -0.25) is 14.6 Å². The number of H-pyrrole nitrogens is 1. The molecule has 7 heteroatoms. The maximum atomic E-state index is 13.6. The minimum absolute atomic E-state index is 0.0659. The Morgan fingerprint density at radius 1 is 1.15 bits per heavy atom. The highest BCUT2D eigenvalue weighted by atomic mass is 35.5. The van der Waals surface area contributed by atoms with Gasteiger partial charge in [-0.15, -0.1) is 0 Å². The number of nitrogens with zero attached hydrogens (tertiary/aromatic N) is 1. The van der Waals surface area contributed by atoms with Crippen LogP contribution in [0.15, 0.2) is 53.5 Å². The summed E-state index contributed by atoms with van der Waals surface area (Å²) in [6, 6.07) is 10.6. The third kappa shape index (κ3) is 3.15. The Balaban J connectivity index is 1.80. The SMILES string of the molecule is Cc1cc(NC(=O)c2c[nH]c3ccc(Cl)cc3c2=O)c2cc(F)ccc2n1. The van der Waals surface area contributed by atoms with E-state index >= 15 is 0 Å². The third-order valence-electron chi connectivity index (χ3n) is 4.23. The molecule has 0 spiro atoms. The molecule has 0 atom stereocenters. The maximum absolute atomic E-state index is 13.6. The van der Waals surface area contributed by atoms with Gasteiger partial charge in [0.25, 0.3) is 5.91 Å². The van der Waals surface area contributed by atoms with E-state index in [2.05, 4.69) is 15.3 Å². The average molecular weight is 382 g/mol. The molecule has 2 aromatic heterocycles. The van der Waals surface area contributed by atoms with Crippen LogP contribution >= 0.6 is 11.6 Å². The average Bonchev–Trinajstić information content (AvgIpc) is 2.63. The molecule has 0 radical (unpaired) electrons. The second kappa shape index (κ2) is 6.48. The zero-order valence-corrected chi connectivity index (χ0v) is 14.9. The Morgan fingerprint density at radius 2 is 1.96 bits per heavy atom. The number of carbonyl (C=O) groups is 1. The van der Waals surface area contributed by atoms with Crippen molar-refractivity contribution in [1.29, 1.82) is 0 Å². The Labute approximate surface area is 157 Å². The molecule has 2 aromatic carbocycles. The number of halogens is 2. The largest absolute Gasteiger partial charge is 0.360 e. The van der Waals surface area contributed by atoms with Crippen LogP contribution in [-0.4, -0.2) is 15.9 Å². The summed E-state index contributed by atoms with van der Waals surface area (Å²) < 4.78 is 13.6. The predicted molar refractivity (Wildman–Crippen MR) is 104 cm³/mol. The molecule has 2 N–H and O–H groups in total. The molecule has 0 saturated heterocycles. The highest BCUT2D eigenvalue weighted by Crippen LogP contribution is 2.24. The molecule has 2 heterocycles. The number of carbonyl (C=O) groups excluding carboxylic acids is 1. The van der Waals surface area contributed by atoms with Gasteiger partial charge in [-0.05, 0) is 49.4 Å². The van der Waals surface area contributed by atoms with E-state index in [4.69, 9.17) is 11.6 Å². The van der Waals surface area contributed by atoms with Crippen LogP contribution in [0.4, 0.5) is 10.1 Å². The van der Waals surface area contributed by atoms with Crippen LogP contribution in [0, 0.1) is 12.7 Å². The van der Waals surface area contributed by atoms with Crippen LogP contribution in [0.25, 0.3) is 21.8 Å². The molecule has 0 unspecified atom stereocenters. The number of amides is 1. The summed E-state index contributed by atoms with van der Waals surface area (Å²) >= 11 is 5.95. The van der Waals surface area contributed by atoms with Gasteiger partial charge in [-0.25, -0.2) is 4.39 Å². The lowest BCUT2D eigenvalue weighted by Gasteiger charge is -2.10. The molecule has 0 aliphatic rings. The molecule has 0 fully saturated rings. The summed E-state index contributed by atoms with van der Waals surface area (Å²) in [6.07, 6.45) is 1.35. The van der Waals surface area contributed by atoms with Gasteiger partial charge in [0.1, 0.15) is 11.4 Å². The van der Waals surface area contributed by atoms with E-state index in [0.29, 0.717) is 38.2 Å². The molecule has 0 bridgehead atoms. The highest BCUT2D eigenvalue weighted by Gasteiger charge is 2.15. The second-order valence-corrected chi connectivity index (χ2v) is 6.58. The number of aromatic nitrogens is 2. The van der Waals surface area contributed by atoms with Crippen molar-refractivity contribution < 1.29 is 9.18 Å². The Morgan fingerprint density at radius 3 is 2.78 bits per heavy atom. The van der Waals surface area contributed by atoms with Gasteiger partial charge < -0.3 is 10.3 Å². The lowest BCUT2D eigenvalue weighted by molar-refractivity contribution is 0.102. The van der Waals surface area contributed by atoms with Gasteiger partial charge in [0, 0.05) is 33.2 Å². The van der Waals surface area contributed by atoms with Crippen molar-refractivity contribution >= 4 is 45.0 Å². The van der Waals surface area contributed by atoms with Gasteiger partial charge in [0.15, 0.2) is 0 Å². The zero-order chi connectivity index (χ0) is 19.1. The highest BCUT2D eigenvalue weighted by molar-refractivity contribution is 6.31. The van der Waals surface area contributed by atoms with Crippen molar-refractivity contribution in [1.82, 2.24) is 9.97 Å². The van der Waals surface area contributed by atoms with Crippen molar-refractivity contribution in [2.24, 2.45) is 0 Å². The first-order valence-electron chi connectivity index (χ1n) is 8.11. The van der Waals surface area contributed by atoms with Crippen molar-refractivity contribution in [3.8, 4) is 0 Å². The number of aromatic amines is 1. The molecule has 4 rings (SSSR count). The van der Waals surface area contributed by atoms with Crippen LogP contribution in [0.5, 0.6) is 0 Å². The molecule has 27 heavy (non-hydrogen) atoms. The fraction of sp³-hybridized carbons (Fsp3) is 0.0500. The smallest absolute Gasteiger partial charge is 0.261 e. The van der Waals surface area contributed by atoms with E-state index in [9.17, 15) is 14.0 Å². The summed E-state index contributed by atoms with van der Waals surface area (Å²) in [5.41, 5.74) is 1.66. The van der Waals surface area contributed by atoms with Gasteiger partial charge in [0.2, 0.25) is 5.43 Å². The minimum atomic E-state index is -0.603. The first-order chi connectivity index (χ1) is 12.9. The van der Waals surface area contributed by atoms with Crippen molar-refractivity contribution in [3.05, 3.63) is 81.0 Å². The number of nitrogens with one attached hydrogen (secondary N) is 2. The van der Waals surface area contributed by atoms with Crippen LogP contribution in [0.1, 0.15) is 16.1 Å². The number of rotatable bonds is 2. The zero-order valence-electron chi connectivity index (χ0n) is 14.1. The Kier molecular flexibility index (Phi) is 4.12. The first kappa shape index (κ1) is 17.2. The van der Waals surface area contributed by atoms with E-state index in [1.807, 2.05) is 0 Å². The van der Waals surface area contributed by atoms with Crippen LogP contribution in [0.2, 0.25) is 5.02 Å². The van der Waals surface area contributed by atoms with E-state index in [-0.39, 0.29) is 5.56 Å². The molecule has 1 amide bonds. The quantitative estimate of drug-likeness (QED) is 0.539. The maximum Gasteiger partial charge on any atom is 0.261 e. The van der Waals surface area contributed by atoms with Gasteiger partial charge in [0.05, 0.1) is 11.2 Å². The molecule has 0 aliphatic carbocycles. The normalized spacial score (nSPS) is 11.1. The lowest BCUT2D eigenvalue weighted by Crippen LogP contribution is -2.22. The predicted octanol–water partition coefficient (Wildman–Crippen LogP) is 4.43. The summed E-state index contributed by atoms with van der Waals surface area (Å²) in [6.45, 7) is 1.77. The molecule has 0 aliphatic heterocycles. The third-order valence-corrected chi connectivity index (χ3v) is 4.47. The molecule has 5 nitrogen and oxygen atoms in total. The standard InChI is InChI=1S/C20H13ClFN3O2/c1-10-6-18(13-8-12(22)3-5-17(13)24-10)25-20(27)15-9-23-16-4-2-11(21)7-14(16)19(15)26/h2-9H,1H3,(H,23,26)(H,24,25,27). The number of hydrogen-bond acceptors (Lipinski definition) is 3. The Hall–Kier alpha value is -3.25. The second-order valence-electron chi connectivity index (χ2n) is 6.15. The van der Waals surface area contributed by atoms with Crippen LogP contribution in [-0.2, 0) is 0 Å². The van der Waals surface area contributed by atoms with Gasteiger partial charge in [-0.2, -0.15) is 0 Å². The van der Waals surface area contributed by atoms with Crippen molar-refractivity contribution in [3.63, 3.8) is 0 Å². The monoisotopic (exact) mass is 381 g/mol. The summed E-state index contributed by atoms with van der Waals surface area (Å²) in [7, 11) is 0. The molecular formula is C20H13ClFN3O2. The van der Waals surface area contributed by atoms with E-state index in [0.717, 1.165) is 0 Å². The first-order valence-corrected chi connectivity index (χ1v) is 8.49.